The zero-order chi connectivity index (χ0) is 13.4. The molecule has 2 aromatic carbocycles. The van der Waals surface area contributed by atoms with E-state index in [-0.39, 0.29) is 0 Å². The van der Waals surface area contributed by atoms with Crippen LogP contribution in [-0.4, -0.2) is 18.1 Å². The molecule has 0 amide bonds. The fourth-order valence-corrected chi connectivity index (χ4v) is 3.49. The summed E-state index contributed by atoms with van der Waals surface area (Å²) in [4.78, 5) is 0. The largest absolute Gasteiger partial charge is 0.305 e. The monoisotopic (exact) mass is 264 g/mol. The number of hydrogen-bond acceptors (Lipinski definition) is 2. The third kappa shape index (κ3) is 2.01. The third-order valence-electron chi connectivity index (χ3n) is 4.54. The van der Waals surface area contributed by atoms with Gasteiger partial charge in [0, 0.05) is 19.6 Å². The molecule has 0 N–H and O–H groups in total. The molecule has 2 aliphatic heterocycles. The lowest BCUT2D eigenvalue weighted by atomic mass is 9.99. The van der Waals surface area contributed by atoms with Crippen molar-refractivity contribution in [3.8, 4) is 0 Å². The molecule has 0 fully saturated rings. The predicted octanol–water partition coefficient (Wildman–Crippen LogP) is 3.41. The molecule has 2 heteroatoms. The third-order valence-corrected chi connectivity index (χ3v) is 4.54. The summed E-state index contributed by atoms with van der Waals surface area (Å²) in [5.74, 6) is 0. The van der Waals surface area contributed by atoms with Crippen LogP contribution in [0.15, 0.2) is 48.5 Å². The lowest BCUT2D eigenvalue weighted by Crippen LogP contribution is -2.47. The van der Waals surface area contributed by atoms with E-state index in [9.17, 15) is 0 Å². The van der Waals surface area contributed by atoms with Crippen molar-refractivity contribution in [3.05, 3.63) is 65.2 Å². The number of nitrogens with zero attached hydrogens (tertiary/aromatic N) is 2. The Morgan fingerprint density at radius 1 is 0.700 bits per heavy atom. The van der Waals surface area contributed by atoms with Crippen LogP contribution < -0.4 is 5.01 Å². The molecule has 0 spiro atoms. The van der Waals surface area contributed by atoms with E-state index in [1.807, 2.05) is 0 Å². The summed E-state index contributed by atoms with van der Waals surface area (Å²) in [5.41, 5.74) is 5.92. The Hall–Kier alpha value is -1.80. The van der Waals surface area contributed by atoms with E-state index in [2.05, 4.69) is 58.5 Å². The lowest BCUT2D eigenvalue weighted by molar-refractivity contribution is 0.224. The van der Waals surface area contributed by atoms with Crippen molar-refractivity contribution in [2.45, 2.75) is 25.8 Å². The van der Waals surface area contributed by atoms with E-state index in [1.165, 1.54) is 35.2 Å². The zero-order valence-corrected chi connectivity index (χ0v) is 11.8. The number of hydrogen-bond donors (Lipinski definition) is 0. The minimum Gasteiger partial charge on any atom is -0.305 e. The first-order chi connectivity index (χ1) is 9.92. The van der Waals surface area contributed by atoms with Crippen molar-refractivity contribution in [1.82, 2.24) is 5.01 Å². The molecule has 0 aliphatic carbocycles. The van der Waals surface area contributed by atoms with Crippen LogP contribution >= 0.6 is 0 Å². The second kappa shape index (κ2) is 4.95. The summed E-state index contributed by atoms with van der Waals surface area (Å²) in [5, 5.41) is 5.04. The maximum Gasteiger partial charge on any atom is 0.0554 e. The molecule has 0 saturated heterocycles. The molecule has 0 saturated carbocycles. The molecule has 0 unspecified atom stereocenters. The average Bonchev–Trinajstić information content (AvgIpc) is 2.54. The van der Waals surface area contributed by atoms with Crippen molar-refractivity contribution >= 4 is 5.69 Å². The molecule has 2 aromatic rings. The predicted molar refractivity (Wildman–Crippen MR) is 82.7 cm³/mol. The maximum absolute atomic E-state index is 2.53. The lowest BCUT2D eigenvalue weighted by Gasteiger charge is -2.42. The summed E-state index contributed by atoms with van der Waals surface area (Å²) >= 11 is 0. The molecule has 0 atom stereocenters. The summed E-state index contributed by atoms with van der Waals surface area (Å²) in [7, 11) is 0. The van der Waals surface area contributed by atoms with Gasteiger partial charge in [-0.3, -0.25) is 0 Å². The van der Waals surface area contributed by atoms with Crippen molar-refractivity contribution in [2.24, 2.45) is 0 Å². The molecular weight excluding hydrogens is 244 g/mol. The Morgan fingerprint density at radius 3 is 2.35 bits per heavy atom. The number of benzene rings is 2. The van der Waals surface area contributed by atoms with Gasteiger partial charge in [0.2, 0.25) is 0 Å². The van der Waals surface area contributed by atoms with Crippen LogP contribution in [0, 0.1) is 0 Å². The number of aryl methyl sites for hydroxylation is 1. The van der Waals surface area contributed by atoms with Crippen LogP contribution in [0.2, 0.25) is 0 Å². The van der Waals surface area contributed by atoms with Crippen molar-refractivity contribution in [3.63, 3.8) is 0 Å². The Bertz CT molecular complexity index is 620. The molecule has 2 aliphatic rings. The molecule has 20 heavy (non-hydrogen) atoms. The van der Waals surface area contributed by atoms with Crippen molar-refractivity contribution < 1.29 is 0 Å². The molecule has 0 bridgehead atoms. The molecule has 0 radical (unpaired) electrons. The Labute approximate surface area is 120 Å². The molecule has 2 nitrogen and oxygen atoms in total. The normalized spacial score (nSPS) is 18.5. The fraction of sp³-hybridized carbons (Fsp3) is 0.333. The topological polar surface area (TPSA) is 6.48 Å². The molecule has 4 rings (SSSR count). The van der Waals surface area contributed by atoms with Crippen LogP contribution in [0.1, 0.15) is 23.1 Å². The van der Waals surface area contributed by atoms with Gasteiger partial charge < -0.3 is 5.01 Å². The SMILES string of the molecule is c1ccc2c(c1)CCN(N1CCCc3ccccc31)C2. The van der Waals surface area contributed by atoms with Gasteiger partial charge in [-0.2, -0.15) is 0 Å². The Balaban J connectivity index is 1.64. The molecule has 2 heterocycles. The highest BCUT2D eigenvalue weighted by molar-refractivity contribution is 5.54. The summed E-state index contributed by atoms with van der Waals surface area (Å²) in [6, 6.07) is 17.7. The van der Waals surface area contributed by atoms with Crippen LogP contribution in [-0.2, 0) is 19.4 Å². The first-order valence-electron chi connectivity index (χ1n) is 7.59. The minimum atomic E-state index is 1.05. The molecule has 0 aromatic heterocycles. The van der Waals surface area contributed by atoms with Crippen LogP contribution in [0.4, 0.5) is 5.69 Å². The van der Waals surface area contributed by atoms with Crippen molar-refractivity contribution in [1.29, 1.82) is 0 Å². The second-order valence-electron chi connectivity index (χ2n) is 5.76. The van der Waals surface area contributed by atoms with E-state index in [0.29, 0.717) is 0 Å². The summed E-state index contributed by atoms with van der Waals surface area (Å²) < 4.78 is 0. The number of fused-ring (bicyclic) bond motifs is 2. The fourth-order valence-electron chi connectivity index (χ4n) is 3.49. The number of rotatable bonds is 1. The maximum atomic E-state index is 2.53. The van der Waals surface area contributed by atoms with E-state index in [0.717, 1.165) is 26.1 Å². The number of para-hydroxylation sites is 1. The van der Waals surface area contributed by atoms with Gasteiger partial charge in [-0.1, -0.05) is 42.5 Å². The average molecular weight is 264 g/mol. The highest BCUT2D eigenvalue weighted by Crippen LogP contribution is 2.30. The van der Waals surface area contributed by atoms with Gasteiger partial charge in [-0.15, -0.1) is 0 Å². The van der Waals surface area contributed by atoms with E-state index in [4.69, 9.17) is 0 Å². The first-order valence-corrected chi connectivity index (χ1v) is 7.59. The minimum absolute atomic E-state index is 1.05. The van der Waals surface area contributed by atoms with Crippen LogP contribution in [0.25, 0.3) is 0 Å². The van der Waals surface area contributed by atoms with Crippen molar-refractivity contribution in [2.75, 3.05) is 18.1 Å². The Kier molecular flexibility index (Phi) is 2.96. The van der Waals surface area contributed by atoms with Gasteiger partial charge in [0.05, 0.1) is 5.69 Å². The van der Waals surface area contributed by atoms with Gasteiger partial charge >= 0.3 is 0 Å². The molecule has 102 valence electrons. The van der Waals surface area contributed by atoms with Gasteiger partial charge in [0.25, 0.3) is 0 Å². The summed E-state index contributed by atoms with van der Waals surface area (Å²) in [6.07, 6.45) is 3.64. The molecular formula is C18H20N2. The zero-order valence-electron chi connectivity index (χ0n) is 11.8. The highest BCUT2D eigenvalue weighted by atomic mass is 15.6. The van der Waals surface area contributed by atoms with E-state index in [1.54, 1.807) is 0 Å². The van der Waals surface area contributed by atoms with Gasteiger partial charge in [-0.05, 0) is 42.0 Å². The number of hydrazine groups is 1. The number of anilines is 1. The van der Waals surface area contributed by atoms with Crippen LogP contribution in [0.5, 0.6) is 0 Å². The smallest absolute Gasteiger partial charge is 0.0554 e. The quantitative estimate of drug-likeness (QED) is 0.779. The Morgan fingerprint density at radius 2 is 1.45 bits per heavy atom. The van der Waals surface area contributed by atoms with E-state index >= 15 is 0 Å². The van der Waals surface area contributed by atoms with Gasteiger partial charge in [0.15, 0.2) is 0 Å². The van der Waals surface area contributed by atoms with E-state index < -0.39 is 0 Å². The summed E-state index contributed by atoms with van der Waals surface area (Å²) in [6.45, 7) is 3.33. The van der Waals surface area contributed by atoms with Gasteiger partial charge in [0.1, 0.15) is 0 Å². The first kappa shape index (κ1) is 12.0. The van der Waals surface area contributed by atoms with Gasteiger partial charge in [-0.25, -0.2) is 5.01 Å². The highest BCUT2D eigenvalue weighted by Gasteiger charge is 2.25. The standard InChI is InChI=1S/C18H20N2/c1-2-8-17-14-19(13-11-15(17)6-1)20-12-5-9-16-7-3-4-10-18(16)20/h1-4,6-8,10H,5,9,11-14H2. The van der Waals surface area contributed by atoms with Crippen LogP contribution in [0.3, 0.4) is 0 Å². The second-order valence-corrected chi connectivity index (χ2v) is 5.76.